The van der Waals surface area contributed by atoms with E-state index in [9.17, 15) is 4.79 Å². The number of urea groups is 1. The maximum Gasteiger partial charge on any atom is 0.319 e. The molecule has 0 saturated carbocycles. The van der Waals surface area contributed by atoms with Crippen molar-refractivity contribution in [3.05, 3.63) is 23.8 Å². The molecule has 0 aromatic heterocycles. The summed E-state index contributed by atoms with van der Waals surface area (Å²) < 4.78 is 4.82. The van der Waals surface area contributed by atoms with Gasteiger partial charge in [-0.3, -0.25) is 0 Å². The van der Waals surface area contributed by atoms with Crippen molar-refractivity contribution in [2.75, 3.05) is 31.3 Å². The lowest BCUT2D eigenvalue weighted by Crippen LogP contribution is -2.31. The zero-order chi connectivity index (χ0) is 12.0. The number of rotatable bonds is 4. The van der Waals surface area contributed by atoms with Crippen molar-refractivity contribution in [1.29, 1.82) is 0 Å². The van der Waals surface area contributed by atoms with Crippen LogP contribution in [0, 0.1) is 6.92 Å². The molecule has 2 amide bonds. The Labute approximate surface area is 95.0 Å². The van der Waals surface area contributed by atoms with E-state index < -0.39 is 0 Å². The number of aryl methyl sites for hydroxylation is 1. The zero-order valence-electron chi connectivity index (χ0n) is 9.54. The highest BCUT2D eigenvalue weighted by Crippen LogP contribution is 2.19. The summed E-state index contributed by atoms with van der Waals surface area (Å²) in [6, 6.07) is 5.20. The first-order valence-corrected chi connectivity index (χ1v) is 5.03. The van der Waals surface area contributed by atoms with Crippen LogP contribution < -0.4 is 16.4 Å². The minimum Gasteiger partial charge on any atom is -0.397 e. The molecule has 1 rings (SSSR count). The van der Waals surface area contributed by atoms with E-state index in [-0.39, 0.29) is 6.03 Å². The summed E-state index contributed by atoms with van der Waals surface area (Å²) in [7, 11) is 1.58. The van der Waals surface area contributed by atoms with Gasteiger partial charge in [0.2, 0.25) is 0 Å². The molecule has 0 unspecified atom stereocenters. The molecule has 0 spiro atoms. The van der Waals surface area contributed by atoms with Crippen molar-refractivity contribution in [2.45, 2.75) is 6.92 Å². The minimum absolute atomic E-state index is 0.283. The number of ether oxygens (including phenoxy) is 1. The van der Waals surface area contributed by atoms with Crippen LogP contribution in [0.15, 0.2) is 18.2 Å². The van der Waals surface area contributed by atoms with Crippen LogP contribution >= 0.6 is 0 Å². The zero-order valence-corrected chi connectivity index (χ0v) is 9.54. The molecule has 0 radical (unpaired) electrons. The van der Waals surface area contributed by atoms with Crippen LogP contribution in [0.4, 0.5) is 16.2 Å². The lowest BCUT2D eigenvalue weighted by molar-refractivity contribution is 0.198. The molecule has 16 heavy (non-hydrogen) atoms. The van der Waals surface area contributed by atoms with Gasteiger partial charge in [-0.15, -0.1) is 0 Å². The predicted molar refractivity (Wildman–Crippen MR) is 64.5 cm³/mol. The Balaban J connectivity index is 2.52. The summed E-state index contributed by atoms with van der Waals surface area (Å²) in [6.45, 7) is 2.89. The van der Waals surface area contributed by atoms with Crippen molar-refractivity contribution in [3.8, 4) is 0 Å². The molecule has 5 nitrogen and oxygen atoms in total. The maximum atomic E-state index is 11.4. The van der Waals surface area contributed by atoms with Gasteiger partial charge in [-0.2, -0.15) is 0 Å². The Bertz CT molecular complexity index is 366. The second-order valence-corrected chi connectivity index (χ2v) is 3.46. The normalized spacial score (nSPS) is 9.88. The van der Waals surface area contributed by atoms with Gasteiger partial charge < -0.3 is 21.1 Å². The van der Waals surface area contributed by atoms with Crippen LogP contribution in [0.25, 0.3) is 0 Å². The third-order valence-corrected chi connectivity index (χ3v) is 2.05. The lowest BCUT2D eigenvalue weighted by atomic mass is 10.2. The number of carbonyl (C=O) groups is 1. The van der Waals surface area contributed by atoms with E-state index in [0.29, 0.717) is 24.5 Å². The molecule has 0 bridgehead atoms. The van der Waals surface area contributed by atoms with Crippen LogP contribution in [0.1, 0.15) is 5.56 Å². The van der Waals surface area contributed by atoms with E-state index in [1.54, 1.807) is 13.2 Å². The van der Waals surface area contributed by atoms with Gasteiger partial charge in [-0.1, -0.05) is 6.07 Å². The molecule has 5 heteroatoms. The Morgan fingerprint density at radius 1 is 1.50 bits per heavy atom. The van der Waals surface area contributed by atoms with Crippen LogP contribution in [0.2, 0.25) is 0 Å². The molecule has 4 N–H and O–H groups in total. The third kappa shape index (κ3) is 3.78. The van der Waals surface area contributed by atoms with E-state index in [1.165, 1.54) is 0 Å². The number of nitrogen functional groups attached to an aromatic ring is 1. The number of benzene rings is 1. The summed E-state index contributed by atoms with van der Waals surface area (Å²) in [5, 5.41) is 5.33. The molecule has 1 aromatic rings. The average molecular weight is 223 g/mol. The van der Waals surface area contributed by atoms with Gasteiger partial charge in [0.25, 0.3) is 0 Å². The molecule has 88 valence electrons. The van der Waals surface area contributed by atoms with Crippen LogP contribution in [-0.4, -0.2) is 26.3 Å². The summed E-state index contributed by atoms with van der Waals surface area (Å²) in [6.07, 6.45) is 0. The standard InChI is InChI=1S/C11H17N3O2/c1-8-3-4-9(12)10(7-8)14-11(15)13-5-6-16-2/h3-4,7H,5-6,12H2,1-2H3,(H2,13,14,15). The summed E-state index contributed by atoms with van der Waals surface area (Å²) in [5.41, 5.74) is 7.94. The van der Waals surface area contributed by atoms with Crippen molar-refractivity contribution in [3.63, 3.8) is 0 Å². The topological polar surface area (TPSA) is 76.4 Å². The fourth-order valence-corrected chi connectivity index (χ4v) is 1.21. The largest absolute Gasteiger partial charge is 0.397 e. The van der Waals surface area contributed by atoms with Crippen LogP contribution in [0.3, 0.4) is 0 Å². The van der Waals surface area contributed by atoms with Gasteiger partial charge in [0.05, 0.1) is 18.0 Å². The number of methoxy groups -OCH3 is 1. The second-order valence-electron chi connectivity index (χ2n) is 3.46. The highest BCUT2D eigenvalue weighted by molar-refractivity contribution is 5.92. The van der Waals surface area contributed by atoms with Gasteiger partial charge in [0.15, 0.2) is 0 Å². The van der Waals surface area contributed by atoms with E-state index >= 15 is 0 Å². The number of hydrogen-bond donors (Lipinski definition) is 3. The number of anilines is 2. The first-order chi connectivity index (χ1) is 7.63. The Kier molecular flexibility index (Phi) is 4.60. The number of nitrogens with one attached hydrogen (secondary N) is 2. The molecule has 0 aliphatic heterocycles. The van der Waals surface area contributed by atoms with Crippen molar-refractivity contribution >= 4 is 17.4 Å². The highest BCUT2D eigenvalue weighted by Gasteiger charge is 2.04. The smallest absolute Gasteiger partial charge is 0.319 e. The summed E-state index contributed by atoms with van der Waals surface area (Å²) in [5.74, 6) is 0. The minimum atomic E-state index is -0.283. The Morgan fingerprint density at radius 3 is 2.94 bits per heavy atom. The summed E-state index contributed by atoms with van der Waals surface area (Å²) in [4.78, 5) is 11.4. The van der Waals surface area contributed by atoms with E-state index in [0.717, 1.165) is 5.56 Å². The second kappa shape index (κ2) is 5.97. The molecule has 0 saturated heterocycles. The number of nitrogens with two attached hydrogens (primary N) is 1. The van der Waals surface area contributed by atoms with Gasteiger partial charge in [0, 0.05) is 13.7 Å². The molecular weight excluding hydrogens is 206 g/mol. The third-order valence-electron chi connectivity index (χ3n) is 2.05. The van der Waals surface area contributed by atoms with E-state index in [4.69, 9.17) is 10.5 Å². The van der Waals surface area contributed by atoms with Crippen LogP contribution in [0.5, 0.6) is 0 Å². The molecule has 1 aromatic carbocycles. The maximum absolute atomic E-state index is 11.4. The Hall–Kier alpha value is -1.75. The Morgan fingerprint density at radius 2 is 2.25 bits per heavy atom. The van der Waals surface area contributed by atoms with Gasteiger partial charge in [-0.05, 0) is 24.6 Å². The molecule has 0 aliphatic rings. The number of carbonyl (C=O) groups excluding carboxylic acids is 1. The van der Waals surface area contributed by atoms with Crippen molar-refractivity contribution in [2.24, 2.45) is 0 Å². The average Bonchev–Trinajstić information content (AvgIpc) is 2.24. The number of amides is 2. The van der Waals surface area contributed by atoms with Gasteiger partial charge >= 0.3 is 6.03 Å². The van der Waals surface area contributed by atoms with Gasteiger partial charge in [-0.25, -0.2) is 4.79 Å². The highest BCUT2D eigenvalue weighted by atomic mass is 16.5. The molecular formula is C11H17N3O2. The lowest BCUT2D eigenvalue weighted by Gasteiger charge is -2.10. The number of hydrogen-bond acceptors (Lipinski definition) is 3. The monoisotopic (exact) mass is 223 g/mol. The SMILES string of the molecule is COCCNC(=O)Nc1cc(C)ccc1N. The first-order valence-electron chi connectivity index (χ1n) is 5.03. The van der Waals surface area contributed by atoms with Crippen molar-refractivity contribution < 1.29 is 9.53 Å². The fraction of sp³-hybridized carbons (Fsp3) is 0.364. The quantitative estimate of drug-likeness (QED) is 0.532. The van der Waals surface area contributed by atoms with Crippen molar-refractivity contribution in [1.82, 2.24) is 5.32 Å². The van der Waals surface area contributed by atoms with Crippen LogP contribution in [-0.2, 0) is 4.74 Å². The summed E-state index contributed by atoms with van der Waals surface area (Å²) >= 11 is 0. The molecule has 0 fully saturated rings. The molecule has 0 aliphatic carbocycles. The van der Waals surface area contributed by atoms with Gasteiger partial charge in [0.1, 0.15) is 0 Å². The molecule has 0 heterocycles. The first kappa shape index (κ1) is 12.3. The predicted octanol–water partition coefficient (Wildman–Crippen LogP) is 1.35. The molecule has 0 atom stereocenters. The van der Waals surface area contributed by atoms with E-state index in [1.807, 2.05) is 19.1 Å². The van der Waals surface area contributed by atoms with E-state index in [2.05, 4.69) is 10.6 Å². The fourth-order valence-electron chi connectivity index (χ4n) is 1.21.